The van der Waals surface area contributed by atoms with Gasteiger partial charge in [0, 0.05) is 0 Å². The molecule has 1 aromatic heterocycles. The minimum absolute atomic E-state index is 0.0231. The Hall–Kier alpha value is -2.82. The topological polar surface area (TPSA) is 140 Å². The minimum atomic E-state index is -0.939. The lowest BCUT2D eigenvalue weighted by Crippen LogP contribution is -2.32. The van der Waals surface area contributed by atoms with Crippen LogP contribution in [0.2, 0.25) is 0 Å². The van der Waals surface area contributed by atoms with Crippen LogP contribution in [0.1, 0.15) is 16.7 Å². The summed E-state index contributed by atoms with van der Waals surface area (Å²) in [6.07, 6.45) is 0. The van der Waals surface area contributed by atoms with Crippen molar-refractivity contribution in [2.75, 3.05) is 6.61 Å². The van der Waals surface area contributed by atoms with Gasteiger partial charge < -0.3 is 9.94 Å². The molecule has 1 heterocycles. The number of nitro groups is 2. The van der Waals surface area contributed by atoms with Gasteiger partial charge in [-0.25, -0.2) is 4.79 Å². The maximum atomic E-state index is 12.0. The summed E-state index contributed by atoms with van der Waals surface area (Å²) in [6.45, 7) is 1.56. The van der Waals surface area contributed by atoms with Gasteiger partial charge in [-0.15, -0.1) is 4.73 Å². The van der Waals surface area contributed by atoms with Gasteiger partial charge in [0.05, 0.1) is 28.6 Å². The quantitative estimate of drug-likeness (QED) is 0.274. The van der Waals surface area contributed by atoms with E-state index in [2.05, 4.69) is 4.74 Å². The van der Waals surface area contributed by atoms with Crippen molar-refractivity contribution in [1.82, 2.24) is 0 Å². The van der Waals surface area contributed by atoms with Crippen molar-refractivity contribution in [2.24, 2.45) is 0 Å². The molecule has 0 N–H and O–H groups in total. The molecule has 0 amide bonds. The van der Waals surface area contributed by atoms with E-state index >= 15 is 0 Å². The SMILES string of the molecule is CCOC(=O)c1sc2c([N+](=O)[O-])cc([N+](=O)[O-])cc2[n+]1[O-]. The number of hydrogen-bond donors (Lipinski definition) is 0. The van der Waals surface area contributed by atoms with Crippen LogP contribution >= 0.6 is 11.3 Å². The van der Waals surface area contributed by atoms with Crippen molar-refractivity contribution in [2.45, 2.75) is 6.92 Å². The minimum Gasteiger partial charge on any atom is -0.617 e. The van der Waals surface area contributed by atoms with Crippen molar-refractivity contribution < 1.29 is 24.1 Å². The first-order valence-corrected chi connectivity index (χ1v) is 6.34. The van der Waals surface area contributed by atoms with Crippen molar-refractivity contribution in [1.29, 1.82) is 0 Å². The number of hydrogen-bond acceptors (Lipinski definition) is 8. The number of esters is 1. The molecule has 0 radical (unpaired) electrons. The average molecular weight is 313 g/mol. The summed E-state index contributed by atoms with van der Waals surface area (Å²) in [6, 6.07) is 1.63. The van der Waals surface area contributed by atoms with Gasteiger partial charge in [0.15, 0.2) is 4.70 Å². The summed E-state index contributed by atoms with van der Waals surface area (Å²) < 4.78 is 4.65. The van der Waals surface area contributed by atoms with Crippen molar-refractivity contribution in [3.05, 3.63) is 42.6 Å². The van der Waals surface area contributed by atoms with Gasteiger partial charge in [-0.3, -0.25) is 20.2 Å². The molecule has 0 aliphatic rings. The zero-order valence-corrected chi connectivity index (χ0v) is 11.3. The lowest BCUT2D eigenvalue weighted by molar-refractivity contribution is -0.575. The van der Waals surface area contributed by atoms with E-state index in [1.807, 2.05) is 0 Å². The van der Waals surface area contributed by atoms with Crippen LogP contribution in [0.5, 0.6) is 0 Å². The Kier molecular flexibility index (Phi) is 3.67. The molecule has 0 aliphatic heterocycles. The fraction of sp³-hybridized carbons (Fsp3) is 0.200. The van der Waals surface area contributed by atoms with E-state index in [-0.39, 0.29) is 21.6 Å². The zero-order chi connectivity index (χ0) is 15.7. The number of aromatic nitrogens is 1. The highest BCUT2D eigenvalue weighted by atomic mass is 32.1. The number of carbonyl (C=O) groups excluding carboxylic acids is 1. The van der Waals surface area contributed by atoms with Gasteiger partial charge in [-0.1, -0.05) is 0 Å². The Morgan fingerprint density at radius 1 is 1.33 bits per heavy atom. The van der Waals surface area contributed by atoms with Crippen LogP contribution in [0.25, 0.3) is 10.2 Å². The van der Waals surface area contributed by atoms with Crippen LogP contribution in [-0.4, -0.2) is 22.4 Å². The van der Waals surface area contributed by atoms with Crippen molar-refractivity contribution >= 4 is 38.9 Å². The lowest BCUT2D eigenvalue weighted by Gasteiger charge is -1.98. The first-order chi connectivity index (χ1) is 9.86. The number of rotatable bonds is 4. The predicted molar refractivity (Wildman–Crippen MR) is 70.1 cm³/mol. The molecule has 10 nitrogen and oxygen atoms in total. The van der Waals surface area contributed by atoms with Crippen molar-refractivity contribution in [3.63, 3.8) is 0 Å². The first-order valence-electron chi connectivity index (χ1n) is 5.52. The van der Waals surface area contributed by atoms with Crippen molar-refractivity contribution in [3.8, 4) is 0 Å². The highest BCUT2D eigenvalue weighted by Crippen LogP contribution is 2.34. The fourth-order valence-corrected chi connectivity index (χ4v) is 2.65. The van der Waals surface area contributed by atoms with Gasteiger partial charge in [0.1, 0.15) is 0 Å². The third kappa shape index (κ3) is 2.45. The van der Waals surface area contributed by atoms with E-state index in [0.717, 1.165) is 12.1 Å². The Morgan fingerprint density at radius 3 is 2.52 bits per heavy atom. The monoisotopic (exact) mass is 313 g/mol. The first kappa shape index (κ1) is 14.6. The van der Waals surface area contributed by atoms with Gasteiger partial charge in [0.2, 0.25) is 5.52 Å². The summed E-state index contributed by atoms with van der Waals surface area (Å²) in [5.41, 5.74) is -1.53. The molecular formula is C10H7N3O7S. The molecule has 110 valence electrons. The van der Waals surface area contributed by atoms with E-state index in [1.54, 1.807) is 0 Å². The van der Waals surface area contributed by atoms with Crippen LogP contribution < -0.4 is 4.73 Å². The Morgan fingerprint density at radius 2 is 2.00 bits per heavy atom. The third-order valence-corrected chi connectivity index (χ3v) is 3.64. The zero-order valence-electron chi connectivity index (χ0n) is 10.5. The summed E-state index contributed by atoms with van der Waals surface area (Å²) in [5, 5.41) is 33.3. The van der Waals surface area contributed by atoms with E-state index in [4.69, 9.17) is 0 Å². The second-order valence-electron chi connectivity index (χ2n) is 3.75. The number of non-ortho nitro benzene ring substituents is 2. The molecule has 1 aromatic carbocycles. The van der Waals surface area contributed by atoms with Crippen LogP contribution in [0, 0.1) is 25.4 Å². The van der Waals surface area contributed by atoms with E-state index < -0.39 is 32.2 Å². The van der Waals surface area contributed by atoms with Gasteiger partial charge >= 0.3 is 11.0 Å². The second-order valence-corrected chi connectivity index (χ2v) is 4.75. The molecule has 21 heavy (non-hydrogen) atoms. The van der Waals surface area contributed by atoms with Gasteiger partial charge in [-0.05, 0) is 18.3 Å². The molecule has 2 aromatic rings. The Labute approximate surface area is 120 Å². The van der Waals surface area contributed by atoms with Crippen LogP contribution in [-0.2, 0) is 4.74 Å². The average Bonchev–Trinajstić information content (AvgIpc) is 2.75. The number of fused-ring (bicyclic) bond motifs is 1. The molecule has 0 atom stereocenters. The molecule has 2 rings (SSSR count). The summed E-state index contributed by atoms with van der Waals surface area (Å²) in [7, 11) is 0. The van der Waals surface area contributed by atoms with E-state index in [9.17, 15) is 30.2 Å². The second kappa shape index (κ2) is 5.28. The number of thiazole rings is 1. The molecule has 0 fully saturated rings. The normalized spacial score (nSPS) is 10.5. The summed E-state index contributed by atoms with van der Waals surface area (Å²) >= 11 is 0.559. The Balaban J connectivity index is 2.77. The number of nitrogens with zero attached hydrogens (tertiary/aromatic N) is 3. The predicted octanol–water partition coefficient (Wildman–Crippen LogP) is 1.53. The standard InChI is InChI=1S/C10H7N3O7S/c1-2-20-10(14)9-11(15)6-3-5(12(16)17)4-7(13(18)19)8(6)21-9/h3-4H,2H2,1H3. The number of carbonyl (C=O) groups is 1. The fourth-order valence-electron chi connectivity index (χ4n) is 1.65. The number of ether oxygens (including phenoxy) is 1. The van der Waals surface area contributed by atoms with Crippen LogP contribution in [0.15, 0.2) is 12.1 Å². The molecule has 0 aliphatic carbocycles. The summed E-state index contributed by atoms with van der Waals surface area (Å²) in [4.78, 5) is 31.6. The largest absolute Gasteiger partial charge is 0.617 e. The van der Waals surface area contributed by atoms with Gasteiger partial charge in [-0.2, -0.15) is 0 Å². The van der Waals surface area contributed by atoms with E-state index in [0.29, 0.717) is 11.3 Å². The highest BCUT2D eigenvalue weighted by Gasteiger charge is 2.32. The van der Waals surface area contributed by atoms with E-state index in [1.165, 1.54) is 6.92 Å². The molecule has 11 heteroatoms. The van der Waals surface area contributed by atoms with Crippen LogP contribution in [0.4, 0.5) is 11.4 Å². The maximum Gasteiger partial charge on any atom is 0.416 e. The van der Waals surface area contributed by atoms with Gasteiger partial charge in [0.25, 0.3) is 11.4 Å². The highest BCUT2D eigenvalue weighted by molar-refractivity contribution is 7.20. The molecule has 0 saturated heterocycles. The molecule has 0 saturated carbocycles. The summed E-state index contributed by atoms with van der Waals surface area (Å²) in [5.74, 6) is -0.939. The van der Waals surface area contributed by atoms with Crippen LogP contribution in [0.3, 0.4) is 0 Å². The molecule has 0 unspecified atom stereocenters. The number of nitro benzene ring substituents is 2. The molecule has 0 bridgehead atoms. The molecular weight excluding hydrogens is 306 g/mol. The Bertz CT molecular complexity index is 770. The lowest BCUT2D eigenvalue weighted by atomic mass is 10.2. The number of benzene rings is 1. The third-order valence-electron chi connectivity index (χ3n) is 2.49. The smallest absolute Gasteiger partial charge is 0.416 e. The maximum absolute atomic E-state index is 12.0. The molecule has 0 spiro atoms.